The number of nitrogens with zero attached hydrogens (tertiary/aromatic N) is 2. The third-order valence-electron chi connectivity index (χ3n) is 3.26. The van der Waals surface area contributed by atoms with E-state index >= 15 is 0 Å². The number of ether oxygens (including phenoxy) is 1. The second kappa shape index (κ2) is 7.13. The van der Waals surface area contributed by atoms with Crippen LogP contribution in [0.1, 0.15) is 26.5 Å². The number of benzene rings is 1. The van der Waals surface area contributed by atoms with Gasteiger partial charge in [-0.3, -0.25) is 0 Å². The van der Waals surface area contributed by atoms with Crippen LogP contribution in [0.2, 0.25) is 0 Å². The fourth-order valence-corrected chi connectivity index (χ4v) is 2.38. The molecule has 4 nitrogen and oxygen atoms in total. The second-order valence-corrected chi connectivity index (χ2v) is 5.49. The Morgan fingerprint density at radius 1 is 1.39 bits per heavy atom. The predicted octanol–water partition coefficient (Wildman–Crippen LogP) is 4.65. The molecule has 5 heteroatoms. The van der Waals surface area contributed by atoms with Gasteiger partial charge in [0.1, 0.15) is 5.69 Å². The Hall–Kier alpha value is -2.56. The van der Waals surface area contributed by atoms with E-state index in [-0.39, 0.29) is 11.9 Å². The zero-order valence-corrected chi connectivity index (χ0v) is 13.9. The normalized spacial score (nSPS) is 11.7. The van der Waals surface area contributed by atoms with Crippen LogP contribution in [-0.2, 0) is 7.05 Å². The van der Waals surface area contributed by atoms with Crippen LogP contribution in [0, 0.1) is 5.82 Å². The van der Waals surface area contributed by atoms with Crippen molar-refractivity contribution in [2.45, 2.75) is 26.9 Å². The van der Waals surface area contributed by atoms with Gasteiger partial charge in [-0.05, 0) is 45.2 Å². The van der Waals surface area contributed by atoms with Gasteiger partial charge in [-0.1, -0.05) is 12.6 Å². The Kier molecular flexibility index (Phi) is 5.21. The number of hydrogen-bond acceptors (Lipinski definition) is 3. The van der Waals surface area contributed by atoms with Gasteiger partial charge < -0.3 is 14.6 Å². The number of anilines is 1. The van der Waals surface area contributed by atoms with Crippen molar-refractivity contribution >= 4 is 17.1 Å². The first kappa shape index (κ1) is 16.8. The lowest BCUT2D eigenvalue weighted by Gasteiger charge is -2.14. The van der Waals surface area contributed by atoms with Crippen molar-refractivity contribution in [3.05, 3.63) is 54.8 Å². The van der Waals surface area contributed by atoms with E-state index in [1.807, 2.05) is 44.6 Å². The molecule has 0 radical (unpaired) electrons. The Labute approximate surface area is 136 Å². The molecule has 0 saturated carbocycles. The molecule has 1 aromatic heterocycles. The maximum Gasteiger partial charge on any atom is 0.180 e. The molecule has 122 valence electrons. The van der Waals surface area contributed by atoms with E-state index in [1.165, 1.54) is 6.07 Å². The van der Waals surface area contributed by atoms with Gasteiger partial charge in [0.15, 0.2) is 11.6 Å². The van der Waals surface area contributed by atoms with E-state index in [2.05, 4.69) is 16.9 Å². The summed E-state index contributed by atoms with van der Waals surface area (Å²) in [6.45, 7) is 9.28. The van der Waals surface area contributed by atoms with Crippen molar-refractivity contribution in [1.29, 1.82) is 0 Å². The summed E-state index contributed by atoms with van der Waals surface area (Å²) in [6, 6.07) is 6.68. The molecule has 2 rings (SSSR count). The zero-order valence-electron chi connectivity index (χ0n) is 13.9. The highest BCUT2D eigenvalue weighted by Crippen LogP contribution is 2.32. The lowest BCUT2D eigenvalue weighted by molar-refractivity contribution is 0.232. The molecule has 1 aromatic carbocycles. The number of nitrogens with one attached hydrogen (secondary N) is 1. The Morgan fingerprint density at radius 3 is 2.78 bits per heavy atom. The second-order valence-electron chi connectivity index (χ2n) is 5.49. The first-order chi connectivity index (χ1) is 10.9. The van der Waals surface area contributed by atoms with Crippen molar-refractivity contribution < 1.29 is 9.13 Å². The topological polar surface area (TPSA) is 38.5 Å². The molecule has 23 heavy (non-hydrogen) atoms. The number of para-hydroxylation sites is 1. The highest BCUT2D eigenvalue weighted by atomic mass is 19.1. The molecule has 0 saturated heterocycles. The van der Waals surface area contributed by atoms with Crippen LogP contribution in [-0.4, -0.2) is 16.4 Å². The van der Waals surface area contributed by atoms with Gasteiger partial charge in [0.2, 0.25) is 0 Å². The first-order valence-electron chi connectivity index (χ1n) is 7.47. The van der Waals surface area contributed by atoms with Gasteiger partial charge in [-0.25, -0.2) is 9.38 Å². The van der Waals surface area contributed by atoms with E-state index in [1.54, 1.807) is 18.3 Å². The molecular formula is C18H22FN3O. The SMILES string of the molecule is C=CNc1ccn(C)c1C(C)=Nc1cccc(F)c1OC(C)C. The van der Waals surface area contributed by atoms with E-state index in [0.717, 1.165) is 17.1 Å². The van der Waals surface area contributed by atoms with Crippen LogP contribution in [0.15, 0.2) is 48.2 Å². The minimum atomic E-state index is -0.413. The highest BCUT2D eigenvalue weighted by Gasteiger charge is 2.14. The molecule has 0 unspecified atom stereocenters. The van der Waals surface area contributed by atoms with Crippen molar-refractivity contribution in [2.75, 3.05) is 5.32 Å². The van der Waals surface area contributed by atoms with Gasteiger partial charge in [-0.2, -0.15) is 0 Å². The quantitative estimate of drug-likeness (QED) is 0.788. The summed E-state index contributed by atoms with van der Waals surface area (Å²) in [7, 11) is 1.93. The molecule has 1 N–H and O–H groups in total. The average Bonchev–Trinajstić information content (AvgIpc) is 2.84. The summed E-state index contributed by atoms with van der Waals surface area (Å²) < 4.78 is 21.6. The van der Waals surface area contributed by atoms with E-state index in [0.29, 0.717) is 5.69 Å². The monoisotopic (exact) mass is 315 g/mol. The van der Waals surface area contributed by atoms with Crippen molar-refractivity contribution in [1.82, 2.24) is 4.57 Å². The Morgan fingerprint density at radius 2 is 2.13 bits per heavy atom. The van der Waals surface area contributed by atoms with Crippen molar-refractivity contribution in [3.63, 3.8) is 0 Å². The van der Waals surface area contributed by atoms with Crippen LogP contribution in [0.3, 0.4) is 0 Å². The van der Waals surface area contributed by atoms with Gasteiger partial charge >= 0.3 is 0 Å². The molecule has 1 heterocycles. The minimum Gasteiger partial charge on any atom is -0.486 e. The van der Waals surface area contributed by atoms with Gasteiger partial charge in [0, 0.05) is 13.2 Å². The molecular weight excluding hydrogens is 293 g/mol. The fourth-order valence-electron chi connectivity index (χ4n) is 2.38. The smallest absolute Gasteiger partial charge is 0.180 e. The van der Waals surface area contributed by atoms with Gasteiger partial charge in [-0.15, -0.1) is 0 Å². The molecule has 0 aliphatic rings. The minimum absolute atomic E-state index is 0.130. The molecule has 0 aliphatic carbocycles. The number of rotatable bonds is 6. The first-order valence-corrected chi connectivity index (χ1v) is 7.47. The van der Waals surface area contributed by atoms with Crippen LogP contribution < -0.4 is 10.1 Å². The summed E-state index contributed by atoms with van der Waals surface area (Å²) in [5.74, 6) is -0.238. The molecule has 0 atom stereocenters. The largest absolute Gasteiger partial charge is 0.486 e. The van der Waals surface area contributed by atoms with Crippen molar-refractivity contribution in [3.8, 4) is 5.75 Å². The molecule has 2 aromatic rings. The van der Waals surface area contributed by atoms with E-state index in [4.69, 9.17) is 4.74 Å². The van der Waals surface area contributed by atoms with Crippen LogP contribution in [0.25, 0.3) is 0 Å². The fraction of sp³-hybridized carbons (Fsp3) is 0.278. The van der Waals surface area contributed by atoms with Gasteiger partial charge in [0.25, 0.3) is 0 Å². The van der Waals surface area contributed by atoms with E-state index in [9.17, 15) is 4.39 Å². The molecule has 0 aliphatic heterocycles. The van der Waals surface area contributed by atoms with Crippen molar-refractivity contribution in [2.24, 2.45) is 12.0 Å². The number of hydrogen-bond donors (Lipinski definition) is 1. The molecule has 0 fully saturated rings. The Balaban J connectivity index is 2.48. The standard InChI is InChI=1S/C18H22FN3O/c1-6-20-15-10-11-22(5)17(15)13(4)21-16-9-7-8-14(19)18(16)23-12(2)3/h6-12,20H,1H2,2-5H3. The number of aromatic nitrogens is 1. The summed E-state index contributed by atoms with van der Waals surface area (Å²) in [5.41, 5.74) is 3.03. The lowest BCUT2D eigenvalue weighted by atomic mass is 10.2. The summed E-state index contributed by atoms with van der Waals surface area (Å²) in [6.07, 6.45) is 3.41. The maximum absolute atomic E-state index is 14.1. The third-order valence-corrected chi connectivity index (χ3v) is 3.26. The molecule has 0 amide bonds. The number of halogens is 1. The predicted molar refractivity (Wildman–Crippen MR) is 93.3 cm³/mol. The third kappa shape index (κ3) is 3.80. The summed E-state index contributed by atoms with van der Waals surface area (Å²) in [5, 5.41) is 3.08. The van der Waals surface area contributed by atoms with Crippen LogP contribution >= 0.6 is 0 Å². The molecule has 0 bridgehead atoms. The maximum atomic E-state index is 14.1. The van der Waals surface area contributed by atoms with Crippen LogP contribution in [0.4, 0.5) is 15.8 Å². The lowest BCUT2D eigenvalue weighted by Crippen LogP contribution is -2.08. The molecule has 0 spiro atoms. The summed E-state index contributed by atoms with van der Waals surface area (Å²) in [4.78, 5) is 4.58. The van der Waals surface area contributed by atoms with E-state index < -0.39 is 5.82 Å². The Bertz CT molecular complexity index is 732. The number of aryl methyl sites for hydroxylation is 1. The summed E-state index contributed by atoms with van der Waals surface area (Å²) >= 11 is 0. The van der Waals surface area contributed by atoms with Crippen LogP contribution in [0.5, 0.6) is 5.75 Å². The van der Waals surface area contributed by atoms with Gasteiger partial charge in [0.05, 0.1) is 23.2 Å². The number of aliphatic imine (C=N–C) groups is 1. The zero-order chi connectivity index (χ0) is 17.0. The average molecular weight is 315 g/mol. The highest BCUT2D eigenvalue weighted by molar-refractivity contribution is 6.03.